The molecule has 0 aliphatic carbocycles. The van der Waals surface area contributed by atoms with Gasteiger partial charge in [0.05, 0.1) is 0 Å². The van der Waals surface area contributed by atoms with Crippen LogP contribution in [0.25, 0.3) is 5.65 Å². The highest BCUT2D eigenvalue weighted by Crippen LogP contribution is 2.21. The lowest BCUT2D eigenvalue weighted by Gasteiger charge is -2.35. The van der Waals surface area contributed by atoms with Gasteiger partial charge in [0.25, 0.3) is 5.91 Å². The molecule has 3 heterocycles. The Hall–Kier alpha value is -3.09. The van der Waals surface area contributed by atoms with E-state index in [-0.39, 0.29) is 12.5 Å². The highest BCUT2D eigenvalue weighted by molar-refractivity contribution is 5.78. The molecule has 1 fully saturated rings. The van der Waals surface area contributed by atoms with Gasteiger partial charge in [0.2, 0.25) is 0 Å². The number of carbonyl (C=O) groups excluding carboxylic acids is 1. The lowest BCUT2D eigenvalue weighted by Crippen LogP contribution is -2.50. The second-order valence-electron chi connectivity index (χ2n) is 6.78. The monoisotopic (exact) mass is 365 g/mol. The van der Waals surface area contributed by atoms with Crippen LogP contribution in [0.2, 0.25) is 0 Å². The van der Waals surface area contributed by atoms with Crippen LogP contribution < -0.4 is 9.64 Å². The van der Waals surface area contributed by atoms with Gasteiger partial charge in [-0.1, -0.05) is 12.1 Å². The number of anilines is 1. The molecule has 1 aromatic carbocycles. The van der Waals surface area contributed by atoms with E-state index >= 15 is 0 Å². The lowest BCUT2D eigenvalue weighted by molar-refractivity contribution is -0.133. The van der Waals surface area contributed by atoms with Crippen molar-refractivity contribution in [3.8, 4) is 5.75 Å². The number of carbonyl (C=O) groups is 1. The van der Waals surface area contributed by atoms with E-state index in [4.69, 9.17) is 4.74 Å². The predicted octanol–water partition coefficient (Wildman–Crippen LogP) is 2.07. The zero-order chi connectivity index (χ0) is 18.8. The number of hydrogen-bond donors (Lipinski definition) is 0. The summed E-state index contributed by atoms with van der Waals surface area (Å²) in [6.45, 7) is 6.96. The van der Waals surface area contributed by atoms with Crippen LogP contribution in [0.4, 0.5) is 5.82 Å². The first-order valence-corrected chi connectivity index (χ1v) is 9.14. The molecule has 7 nitrogen and oxygen atoms in total. The number of benzene rings is 1. The van der Waals surface area contributed by atoms with Crippen molar-refractivity contribution >= 4 is 17.4 Å². The van der Waals surface area contributed by atoms with Gasteiger partial charge in [-0.25, -0.2) is 9.50 Å². The first kappa shape index (κ1) is 17.3. The Labute approximate surface area is 158 Å². The minimum absolute atomic E-state index is 0.0218. The van der Waals surface area contributed by atoms with Gasteiger partial charge in [-0.2, -0.15) is 0 Å². The largest absolute Gasteiger partial charge is 0.483 e. The number of amides is 1. The SMILES string of the molecule is Cc1cccc(OCC(=O)N2CCN(c3ccc4nccn4n3)CC2)c1C. The van der Waals surface area contributed by atoms with Gasteiger partial charge in [0.15, 0.2) is 12.3 Å². The van der Waals surface area contributed by atoms with Crippen LogP contribution in [0.3, 0.4) is 0 Å². The third kappa shape index (κ3) is 3.58. The summed E-state index contributed by atoms with van der Waals surface area (Å²) in [7, 11) is 0. The zero-order valence-electron chi connectivity index (χ0n) is 15.6. The smallest absolute Gasteiger partial charge is 0.260 e. The van der Waals surface area contributed by atoms with Crippen LogP contribution in [-0.4, -0.2) is 58.2 Å². The van der Waals surface area contributed by atoms with E-state index in [2.05, 4.69) is 15.0 Å². The Morgan fingerprint density at radius 3 is 2.74 bits per heavy atom. The van der Waals surface area contributed by atoms with Crippen LogP contribution in [0, 0.1) is 13.8 Å². The quantitative estimate of drug-likeness (QED) is 0.708. The number of ether oxygens (including phenoxy) is 1. The topological polar surface area (TPSA) is 63.0 Å². The summed E-state index contributed by atoms with van der Waals surface area (Å²) in [6, 6.07) is 9.83. The highest BCUT2D eigenvalue weighted by Gasteiger charge is 2.22. The van der Waals surface area contributed by atoms with E-state index in [9.17, 15) is 4.79 Å². The van der Waals surface area contributed by atoms with Gasteiger partial charge in [0, 0.05) is 38.6 Å². The first-order chi connectivity index (χ1) is 13.1. The molecule has 4 rings (SSSR count). The van der Waals surface area contributed by atoms with Crippen molar-refractivity contribution in [2.75, 3.05) is 37.7 Å². The second-order valence-corrected chi connectivity index (χ2v) is 6.78. The zero-order valence-corrected chi connectivity index (χ0v) is 15.6. The minimum atomic E-state index is 0.0218. The van der Waals surface area contributed by atoms with Crippen LogP contribution in [0.1, 0.15) is 11.1 Å². The van der Waals surface area contributed by atoms with Crippen molar-refractivity contribution in [3.63, 3.8) is 0 Å². The average molecular weight is 365 g/mol. The minimum Gasteiger partial charge on any atom is -0.483 e. The third-order valence-corrected chi connectivity index (χ3v) is 5.10. The molecule has 3 aromatic rings. The maximum Gasteiger partial charge on any atom is 0.260 e. The lowest BCUT2D eigenvalue weighted by atomic mass is 10.1. The molecule has 0 atom stereocenters. The molecular formula is C20H23N5O2. The Morgan fingerprint density at radius 1 is 1.11 bits per heavy atom. The molecule has 7 heteroatoms. The fraction of sp³-hybridized carbons (Fsp3) is 0.350. The van der Waals surface area contributed by atoms with Crippen molar-refractivity contribution < 1.29 is 9.53 Å². The molecule has 1 amide bonds. The summed E-state index contributed by atoms with van der Waals surface area (Å²) < 4.78 is 7.52. The van der Waals surface area contributed by atoms with Crippen molar-refractivity contribution in [2.24, 2.45) is 0 Å². The number of rotatable bonds is 4. The Kier molecular flexibility index (Phi) is 4.66. The van der Waals surface area contributed by atoms with Gasteiger partial charge in [0.1, 0.15) is 11.6 Å². The van der Waals surface area contributed by atoms with E-state index in [0.29, 0.717) is 13.1 Å². The van der Waals surface area contributed by atoms with Gasteiger partial charge >= 0.3 is 0 Å². The van der Waals surface area contributed by atoms with Crippen LogP contribution in [-0.2, 0) is 4.79 Å². The number of hydrogen-bond acceptors (Lipinski definition) is 5. The van der Waals surface area contributed by atoms with Gasteiger partial charge in [-0.05, 0) is 43.2 Å². The molecule has 1 aliphatic heterocycles. The molecule has 0 saturated carbocycles. The number of fused-ring (bicyclic) bond motifs is 1. The Bertz CT molecular complexity index is 960. The summed E-state index contributed by atoms with van der Waals surface area (Å²) in [5.41, 5.74) is 3.07. The maximum atomic E-state index is 12.5. The van der Waals surface area contributed by atoms with Crippen molar-refractivity contribution in [3.05, 3.63) is 53.9 Å². The van der Waals surface area contributed by atoms with Gasteiger partial charge in [-0.3, -0.25) is 4.79 Å². The summed E-state index contributed by atoms with van der Waals surface area (Å²) in [5, 5.41) is 4.57. The van der Waals surface area contributed by atoms with E-state index < -0.39 is 0 Å². The van der Waals surface area contributed by atoms with E-state index in [1.807, 2.05) is 55.3 Å². The Morgan fingerprint density at radius 2 is 1.93 bits per heavy atom. The molecule has 1 aliphatic rings. The third-order valence-electron chi connectivity index (χ3n) is 5.10. The fourth-order valence-electron chi connectivity index (χ4n) is 3.27. The molecule has 1 saturated heterocycles. The van der Waals surface area contributed by atoms with Crippen LogP contribution in [0.5, 0.6) is 5.75 Å². The predicted molar refractivity (Wildman–Crippen MR) is 103 cm³/mol. The van der Waals surface area contributed by atoms with Crippen molar-refractivity contribution in [2.45, 2.75) is 13.8 Å². The number of aromatic nitrogens is 3. The Balaban J connectivity index is 1.33. The summed E-state index contributed by atoms with van der Waals surface area (Å²) in [5.74, 6) is 1.70. The molecule has 140 valence electrons. The molecule has 0 spiro atoms. The molecule has 0 radical (unpaired) electrons. The first-order valence-electron chi connectivity index (χ1n) is 9.14. The van der Waals surface area contributed by atoms with Gasteiger partial charge in [-0.15, -0.1) is 5.10 Å². The van der Waals surface area contributed by atoms with Gasteiger partial charge < -0.3 is 14.5 Å². The van der Waals surface area contributed by atoms with Crippen LogP contribution in [0.15, 0.2) is 42.7 Å². The number of imidazole rings is 1. The van der Waals surface area contributed by atoms with E-state index in [1.165, 1.54) is 0 Å². The number of piperazine rings is 1. The number of nitrogens with zero attached hydrogens (tertiary/aromatic N) is 5. The van der Waals surface area contributed by atoms with Crippen LogP contribution >= 0.6 is 0 Å². The fourth-order valence-corrected chi connectivity index (χ4v) is 3.27. The summed E-state index contributed by atoms with van der Waals surface area (Å²) >= 11 is 0. The molecular weight excluding hydrogens is 342 g/mol. The van der Waals surface area contributed by atoms with Crippen molar-refractivity contribution in [1.82, 2.24) is 19.5 Å². The summed E-state index contributed by atoms with van der Waals surface area (Å²) in [6.07, 6.45) is 3.57. The standard InChI is InChI=1S/C20H23N5O2/c1-15-4-3-5-17(16(15)2)27-14-20(26)24-12-10-23(11-13-24)19-7-6-18-21-8-9-25(18)22-19/h3-9H,10-14H2,1-2H3. The number of aryl methyl sites for hydroxylation is 1. The molecule has 27 heavy (non-hydrogen) atoms. The highest BCUT2D eigenvalue weighted by atomic mass is 16.5. The molecule has 0 N–H and O–H groups in total. The van der Waals surface area contributed by atoms with Crippen molar-refractivity contribution in [1.29, 1.82) is 0 Å². The normalized spacial score (nSPS) is 14.6. The average Bonchev–Trinajstić information content (AvgIpc) is 3.17. The summed E-state index contributed by atoms with van der Waals surface area (Å²) in [4.78, 5) is 20.8. The molecule has 0 unspecified atom stereocenters. The maximum absolute atomic E-state index is 12.5. The van der Waals surface area contributed by atoms with E-state index in [0.717, 1.165) is 41.4 Å². The second kappa shape index (κ2) is 7.26. The molecule has 0 bridgehead atoms. The van der Waals surface area contributed by atoms with E-state index in [1.54, 1.807) is 10.7 Å². The molecule has 2 aromatic heterocycles.